The second-order valence-electron chi connectivity index (χ2n) is 4.12. The smallest absolute Gasteiger partial charge is 0.149 e. The van der Waals surface area contributed by atoms with Crippen molar-refractivity contribution in [1.29, 1.82) is 0 Å². The van der Waals surface area contributed by atoms with Crippen LogP contribution in [0.5, 0.6) is 5.75 Å². The highest BCUT2D eigenvalue weighted by Gasteiger charge is 2.11. The third-order valence-electron chi connectivity index (χ3n) is 2.54. The largest absolute Gasteiger partial charge is 0.496 e. The molecule has 0 saturated carbocycles. The van der Waals surface area contributed by atoms with Crippen LogP contribution in [0, 0.1) is 12.7 Å². The second kappa shape index (κ2) is 5.97. The average molecular weight is 283 g/mol. The summed E-state index contributed by atoms with van der Waals surface area (Å²) in [6, 6.07) is 5.91. The van der Waals surface area contributed by atoms with E-state index in [1.807, 2.05) is 0 Å². The van der Waals surface area contributed by atoms with Gasteiger partial charge in [0, 0.05) is 22.4 Å². The molecule has 0 bridgehead atoms. The van der Waals surface area contributed by atoms with Crippen molar-refractivity contribution in [2.45, 2.75) is 18.4 Å². The minimum Gasteiger partial charge on any atom is -0.496 e. The van der Waals surface area contributed by atoms with E-state index < -0.39 is 10.8 Å². The predicted molar refractivity (Wildman–Crippen MR) is 69.7 cm³/mol. The lowest BCUT2D eigenvalue weighted by Gasteiger charge is -2.07. The van der Waals surface area contributed by atoms with E-state index in [4.69, 9.17) is 9.26 Å². The second-order valence-corrected chi connectivity index (χ2v) is 5.58. The summed E-state index contributed by atoms with van der Waals surface area (Å²) in [4.78, 5) is 0. The van der Waals surface area contributed by atoms with Crippen LogP contribution >= 0.6 is 0 Å². The summed E-state index contributed by atoms with van der Waals surface area (Å²) in [6.45, 7) is 1.80. The number of hydrogen-bond donors (Lipinski definition) is 0. The molecule has 4 nitrogen and oxygen atoms in total. The van der Waals surface area contributed by atoms with Crippen LogP contribution < -0.4 is 4.74 Å². The Morgan fingerprint density at radius 3 is 2.79 bits per heavy atom. The number of rotatable bonds is 5. The predicted octanol–water partition coefficient (Wildman–Crippen LogP) is 2.58. The molecule has 2 rings (SSSR count). The zero-order chi connectivity index (χ0) is 13.8. The zero-order valence-corrected chi connectivity index (χ0v) is 11.5. The maximum Gasteiger partial charge on any atom is 0.149 e. The summed E-state index contributed by atoms with van der Waals surface area (Å²) in [7, 11) is 0.290. The lowest BCUT2D eigenvalue weighted by Crippen LogP contribution is -2.01. The Hall–Kier alpha value is -1.69. The molecule has 6 heteroatoms. The molecule has 0 fully saturated rings. The SMILES string of the molecule is COc1ccc(F)cc1C[S@](=O)Cc1cc(C)no1. The molecule has 1 aromatic carbocycles. The molecule has 0 radical (unpaired) electrons. The molecule has 0 amide bonds. The molecule has 1 heterocycles. The highest BCUT2D eigenvalue weighted by atomic mass is 32.2. The van der Waals surface area contributed by atoms with Crippen molar-refractivity contribution < 1.29 is 17.9 Å². The Kier molecular flexibility index (Phi) is 4.31. The highest BCUT2D eigenvalue weighted by Crippen LogP contribution is 2.21. The first kappa shape index (κ1) is 13.7. The van der Waals surface area contributed by atoms with Crippen LogP contribution in [0.1, 0.15) is 17.0 Å². The summed E-state index contributed by atoms with van der Waals surface area (Å²) in [5.74, 6) is 1.18. The van der Waals surface area contributed by atoms with Gasteiger partial charge in [0.25, 0.3) is 0 Å². The van der Waals surface area contributed by atoms with Crippen molar-refractivity contribution in [2.75, 3.05) is 7.11 Å². The topological polar surface area (TPSA) is 52.3 Å². The Morgan fingerprint density at radius 1 is 1.37 bits per heavy atom. The molecule has 2 aromatic rings. The number of aryl methyl sites for hydroxylation is 1. The van der Waals surface area contributed by atoms with Gasteiger partial charge < -0.3 is 9.26 Å². The van der Waals surface area contributed by atoms with Crippen LogP contribution in [-0.4, -0.2) is 16.5 Å². The van der Waals surface area contributed by atoms with Gasteiger partial charge in [0.2, 0.25) is 0 Å². The van der Waals surface area contributed by atoms with Crippen molar-refractivity contribution >= 4 is 10.8 Å². The number of benzene rings is 1. The minimum atomic E-state index is -1.21. The van der Waals surface area contributed by atoms with Gasteiger partial charge in [-0.05, 0) is 25.1 Å². The molecule has 102 valence electrons. The van der Waals surface area contributed by atoms with Crippen LogP contribution in [0.2, 0.25) is 0 Å². The number of ether oxygens (including phenoxy) is 1. The number of aromatic nitrogens is 1. The maximum absolute atomic E-state index is 13.2. The standard InChI is InChI=1S/C13H14FNO3S/c1-9-5-12(18-15-9)8-19(16)7-10-6-11(14)3-4-13(10)17-2/h3-6H,7-8H2,1-2H3/t19-/m0/s1. The van der Waals surface area contributed by atoms with Crippen LogP contribution in [0.15, 0.2) is 28.8 Å². The Bertz CT molecular complexity index is 597. The molecular weight excluding hydrogens is 269 g/mol. The van der Waals surface area contributed by atoms with Gasteiger partial charge in [0.1, 0.15) is 17.3 Å². The van der Waals surface area contributed by atoms with Crippen molar-refractivity contribution in [2.24, 2.45) is 0 Å². The molecule has 0 saturated heterocycles. The molecule has 0 unspecified atom stereocenters. The molecule has 0 aliphatic rings. The van der Waals surface area contributed by atoms with Gasteiger partial charge in [-0.25, -0.2) is 4.39 Å². The average Bonchev–Trinajstić information content (AvgIpc) is 2.75. The molecule has 1 atom stereocenters. The molecule has 1 aromatic heterocycles. The zero-order valence-electron chi connectivity index (χ0n) is 10.7. The molecule has 0 aliphatic heterocycles. The lowest BCUT2D eigenvalue weighted by atomic mass is 10.2. The lowest BCUT2D eigenvalue weighted by molar-refractivity contribution is 0.390. The van der Waals surface area contributed by atoms with Gasteiger partial charge in [-0.3, -0.25) is 4.21 Å². The van der Waals surface area contributed by atoms with Gasteiger partial charge >= 0.3 is 0 Å². The Morgan fingerprint density at radius 2 is 2.16 bits per heavy atom. The first-order chi connectivity index (χ1) is 9.08. The van der Waals surface area contributed by atoms with E-state index in [1.54, 1.807) is 13.0 Å². The molecule has 0 spiro atoms. The first-order valence-electron chi connectivity index (χ1n) is 5.68. The fourth-order valence-electron chi connectivity index (χ4n) is 1.73. The number of nitrogens with zero attached hydrogens (tertiary/aromatic N) is 1. The van der Waals surface area contributed by atoms with Crippen LogP contribution in [-0.2, 0) is 22.3 Å². The summed E-state index contributed by atoms with van der Waals surface area (Å²) < 4.78 is 35.3. The van der Waals surface area contributed by atoms with E-state index in [0.717, 1.165) is 5.69 Å². The number of hydrogen-bond acceptors (Lipinski definition) is 4. The highest BCUT2D eigenvalue weighted by molar-refractivity contribution is 7.83. The van der Waals surface area contributed by atoms with Crippen molar-refractivity contribution in [3.8, 4) is 5.75 Å². The van der Waals surface area contributed by atoms with Crippen molar-refractivity contribution in [3.63, 3.8) is 0 Å². The Labute approximate surface area is 113 Å². The third-order valence-corrected chi connectivity index (χ3v) is 3.78. The van der Waals surface area contributed by atoms with E-state index in [1.165, 1.54) is 25.3 Å². The summed E-state index contributed by atoms with van der Waals surface area (Å²) in [5.41, 5.74) is 1.33. The van der Waals surface area contributed by atoms with E-state index in [2.05, 4.69) is 5.16 Å². The van der Waals surface area contributed by atoms with Crippen LogP contribution in [0.4, 0.5) is 4.39 Å². The quantitative estimate of drug-likeness (QED) is 0.846. The molecular formula is C13H14FNO3S. The van der Waals surface area contributed by atoms with E-state index in [0.29, 0.717) is 17.1 Å². The van der Waals surface area contributed by atoms with Crippen LogP contribution in [0.3, 0.4) is 0 Å². The molecule has 0 N–H and O–H groups in total. The van der Waals surface area contributed by atoms with Crippen molar-refractivity contribution in [3.05, 3.63) is 47.1 Å². The van der Waals surface area contributed by atoms with Gasteiger partial charge in [0.15, 0.2) is 0 Å². The molecule has 19 heavy (non-hydrogen) atoms. The van der Waals surface area contributed by atoms with Gasteiger partial charge in [0.05, 0.1) is 24.3 Å². The van der Waals surface area contributed by atoms with Crippen LogP contribution in [0.25, 0.3) is 0 Å². The minimum absolute atomic E-state index is 0.209. The fraction of sp³-hybridized carbons (Fsp3) is 0.308. The third kappa shape index (κ3) is 3.64. The summed E-state index contributed by atoms with van der Waals surface area (Å²) in [6.07, 6.45) is 0. The summed E-state index contributed by atoms with van der Waals surface area (Å²) in [5, 5.41) is 3.73. The monoisotopic (exact) mass is 283 g/mol. The normalized spacial score (nSPS) is 12.4. The van der Waals surface area contributed by atoms with Gasteiger partial charge in [-0.15, -0.1) is 0 Å². The fourth-order valence-corrected chi connectivity index (χ4v) is 2.86. The van der Waals surface area contributed by atoms with E-state index in [-0.39, 0.29) is 17.3 Å². The van der Waals surface area contributed by atoms with Crippen molar-refractivity contribution in [1.82, 2.24) is 5.16 Å². The Balaban J connectivity index is 2.08. The molecule has 0 aliphatic carbocycles. The number of halogens is 1. The first-order valence-corrected chi connectivity index (χ1v) is 7.17. The van der Waals surface area contributed by atoms with E-state index in [9.17, 15) is 8.60 Å². The van der Waals surface area contributed by atoms with E-state index >= 15 is 0 Å². The maximum atomic E-state index is 13.2. The summed E-state index contributed by atoms with van der Waals surface area (Å²) >= 11 is 0. The van der Waals surface area contributed by atoms with Gasteiger partial charge in [-0.1, -0.05) is 5.16 Å². The van der Waals surface area contributed by atoms with Gasteiger partial charge in [-0.2, -0.15) is 0 Å². The number of methoxy groups -OCH3 is 1.